The van der Waals surface area contributed by atoms with Crippen molar-refractivity contribution in [1.82, 2.24) is 4.98 Å². The number of hydrogen-bond acceptors (Lipinski definition) is 5. The first-order chi connectivity index (χ1) is 11.8. The van der Waals surface area contributed by atoms with Gasteiger partial charge in [0.25, 0.3) is 0 Å². The fourth-order valence-electron chi connectivity index (χ4n) is 3.19. The van der Waals surface area contributed by atoms with E-state index in [-0.39, 0.29) is 0 Å². The number of fused-ring (bicyclic) bond motifs is 1. The normalized spacial score (nSPS) is 15.1. The molecule has 0 atom stereocenters. The van der Waals surface area contributed by atoms with Crippen LogP contribution in [0.1, 0.15) is 5.56 Å². The summed E-state index contributed by atoms with van der Waals surface area (Å²) in [6, 6.07) is 14.7. The molecule has 0 saturated carbocycles. The molecule has 0 unspecified atom stereocenters. The van der Waals surface area contributed by atoms with Gasteiger partial charge in [-0.25, -0.2) is 4.98 Å². The lowest BCUT2D eigenvalue weighted by atomic mass is 10.2. The van der Waals surface area contributed by atoms with Gasteiger partial charge in [-0.1, -0.05) is 35.6 Å². The predicted octanol–water partition coefficient (Wildman–Crippen LogP) is 3.94. The molecule has 1 saturated heterocycles. The Labute approximate surface area is 146 Å². The molecule has 5 heteroatoms. The summed E-state index contributed by atoms with van der Waals surface area (Å²) < 4.78 is 6.71. The first kappa shape index (κ1) is 15.3. The van der Waals surface area contributed by atoms with Gasteiger partial charge >= 0.3 is 0 Å². The van der Waals surface area contributed by atoms with Crippen LogP contribution in [-0.2, 0) is 0 Å². The van der Waals surface area contributed by atoms with Gasteiger partial charge in [-0.3, -0.25) is 0 Å². The second kappa shape index (κ2) is 6.32. The van der Waals surface area contributed by atoms with E-state index in [1.807, 2.05) is 6.07 Å². The van der Waals surface area contributed by atoms with Crippen molar-refractivity contribution in [2.45, 2.75) is 6.92 Å². The van der Waals surface area contributed by atoms with Gasteiger partial charge in [0.1, 0.15) is 11.3 Å². The first-order valence-electron chi connectivity index (χ1n) is 8.25. The van der Waals surface area contributed by atoms with Crippen LogP contribution >= 0.6 is 11.3 Å². The van der Waals surface area contributed by atoms with Gasteiger partial charge in [0.15, 0.2) is 5.13 Å². The Morgan fingerprint density at radius 2 is 1.67 bits per heavy atom. The summed E-state index contributed by atoms with van der Waals surface area (Å²) in [5, 5.41) is 1.10. The van der Waals surface area contributed by atoms with Crippen LogP contribution in [0.4, 0.5) is 10.8 Å². The van der Waals surface area contributed by atoms with E-state index in [9.17, 15) is 0 Å². The monoisotopic (exact) mass is 339 g/mol. The van der Waals surface area contributed by atoms with Crippen molar-refractivity contribution in [3.8, 4) is 5.75 Å². The minimum Gasteiger partial charge on any atom is -0.494 e. The van der Waals surface area contributed by atoms with Crippen LogP contribution in [0.2, 0.25) is 0 Å². The summed E-state index contributed by atoms with van der Waals surface area (Å²) >= 11 is 1.77. The Hall–Kier alpha value is -2.27. The number of anilines is 2. The van der Waals surface area contributed by atoms with Gasteiger partial charge in [0.2, 0.25) is 0 Å². The van der Waals surface area contributed by atoms with Crippen LogP contribution in [-0.4, -0.2) is 38.3 Å². The number of aromatic nitrogens is 1. The number of hydrogen-bond donors (Lipinski definition) is 0. The third kappa shape index (κ3) is 2.69. The minimum atomic E-state index is 0.862. The van der Waals surface area contributed by atoms with E-state index in [0.717, 1.165) is 42.6 Å². The van der Waals surface area contributed by atoms with Crippen LogP contribution in [0, 0.1) is 6.92 Å². The summed E-state index contributed by atoms with van der Waals surface area (Å²) in [5.74, 6) is 0.862. The lowest BCUT2D eigenvalue weighted by Crippen LogP contribution is -2.46. The van der Waals surface area contributed by atoms with Crippen molar-refractivity contribution in [2.75, 3.05) is 43.1 Å². The zero-order valence-electron chi connectivity index (χ0n) is 14.0. The number of para-hydroxylation sites is 1. The highest BCUT2D eigenvalue weighted by molar-refractivity contribution is 7.22. The molecular formula is C19H21N3OS. The molecule has 0 spiro atoms. The Morgan fingerprint density at radius 3 is 2.38 bits per heavy atom. The van der Waals surface area contributed by atoms with E-state index in [2.05, 4.69) is 53.1 Å². The molecule has 1 aliphatic heterocycles. The maximum Gasteiger partial charge on any atom is 0.186 e. The van der Waals surface area contributed by atoms with E-state index in [0.29, 0.717) is 0 Å². The Bertz CT molecular complexity index is 838. The Kier molecular flexibility index (Phi) is 4.02. The molecule has 3 aromatic rings. The quantitative estimate of drug-likeness (QED) is 0.723. The molecule has 1 aromatic heterocycles. The van der Waals surface area contributed by atoms with Crippen molar-refractivity contribution in [3.63, 3.8) is 0 Å². The number of rotatable bonds is 3. The number of benzene rings is 2. The summed E-state index contributed by atoms with van der Waals surface area (Å²) in [7, 11) is 1.71. The second-order valence-corrected chi connectivity index (χ2v) is 7.05. The summed E-state index contributed by atoms with van der Waals surface area (Å²) in [6.07, 6.45) is 0. The van der Waals surface area contributed by atoms with Gasteiger partial charge in [0.05, 0.1) is 11.8 Å². The number of methoxy groups -OCH3 is 1. The standard InChI is InChI=1S/C19H21N3OS/c1-14-8-9-16(23-2)17-18(14)24-19(20-17)22-12-10-21(11-13-22)15-6-4-3-5-7-15/h3-9H,10-13H2,1-2H3. The number of thiazole rings is 1. The summed E-state index contributed by atoms with van der Waals surface area (Å²) in [5.41, 5.74) is 3.56. The average molecular weight is 339 g/mol. The zero-order valence-corrected chi connectivity index (χ0v) is 14.8. The molecule has 0 radical (unpaired) electrons. The Balaban J connectivity index is 1.56. The van der Waals surface area contributed by atoms with Crippen LogP contribution < -0.4 is 14.5 Å². The highest BCUT2D eigenvalue weighted by Crippen LogP contribution is 2.36. The summed E-state index contributed by atoms with van der Waals surface area (Å²) in [6.45, 7) is 6.18. The van der Waals surface area contributed by atoms with Crippen molar-refractivity contribution in [1.29, 1.82) is 0 Å². The van der Waals surface area contributed by atoms with Crippen LogP contribution in [0.15, 0.2) is 42.5 Å². The Morgan fingerprint density at radius 1 is 0.958 bits per heavy atom. The lowest BCUT2D eigenvalue weighted by Gasteiger charge is -2.35. The van der Waals surface area contributed by atoms with E-state index in [4.69, 9.17) is 9.72 Å². The van der Waals surface area contributed by atoms with Gasteiger partial charge in [-0.05, 0) is 30.7 Å². The zero-order chi connectivity index (χ0) is 16.5. The average Bonchev–Trinajstić information content (AvgIpc) is 3.09. The number of nitrogens with zero attached hydrogens (tertiary/aromatic N) is 3. The van der Waals surface area contributed by atoms with Gasteiger partial charge < -0.3 is 14.5 Å². The maximum atomic E-state index is 5.48. The topological polar surface area (TPSA) is 28.6 Å². The molecule has 2 aromatic carbocycles. The molecule has 4 rings (SSSR count). The first-order valence-corrected chi connectivity index (χ1v) is 9.07. The van der Waals surface area contributed by atoms with Crippen molar-refractivity contribution >= 4 is 32.4 Å². The number of piperazine rings is 1. The van der Waals surface area contributed by atoms with E-state index in [1.54, 1.807) is 18.4 Å². The van der Waals surface area contributed by atoms with Gasteiger partial charge in [-0.15, -0.1) is 0 Å². The second-order valence-electron chi connectivity index (χ2n) is 6.07. The fraction of sp³-hybridized carbons (Fsp3) is 0.316. The molecular weight excluding hydrogens is 318 g/mol. The molecule has 2 heterocycles. The molecule has 124 valence electrons. The van der Waals surface area contributed by atoms with Crippen molar-refractivity contribution < 1.29 is 4.74 Å². The van der Waals surface area contributed by atoms with Crippen LogP contribution in [0.3, 0.4) is 0 Å². The van der Waals surface area contributed by atoms with E-state index in [1.165, 1.54) is 16.0 Å². The molecule has 4 nitrogen and oxygen atoms in total. The largest absolute Gasteiger partial charge is 0.494 e. The molecule has 1 fully saturated rings. The minimum absolute atomic E-state index is 0.862. The predicted molar refractivity (Wildman–Crippen MR) is 102 cm³/mol. The third-order valence-corrected chi connectivity index (χ3v) is 5.84. The van der Waals surface area contributed by atoms with E-state index < -0.39 is 0 Å². The smallest absolute Gasteiger partial charge is 0.186 e. The number of ether oxygens (including phenoxy) is 1. The molecule has 0 bridgehead atoms. The molecule has 0 aliphatic carbocycles. The highest BCUT2D eigenvalue weighted by Gasteiger charge is 2.21. The van der Waals surface area contributed by atoms with Gasteiger partial charge in [-0.2, -0.15) is 0 Å². The lowest BCUT2D eigenvalue weighted by molar-refractivity contribution is 0.419. The SMILES string of the molecule is COc1ccc(C)c2sc(N3CCN(c4ccccc4)CC3)nc12. The molecule has 24 heavy (non-hydrogen) atoms. The highest BCUT2D eigenvalue weighted by atomic mass is 32.1. The van der Waals surface area contributed by atoms with Crippen molar-refractivity contribution in [3.05, 3.63) is 48.0 Å². The third-order valence-electron chi connectivity index (χ3n) is 4.58. The number of aryl methyl sites for hydroxylation is 1. The summed E-state index contributed by atoms with van der Waals surface area (Å²) in [4.78, 5) is 9.70. The fourth-order valence-corrected chi connectivity index (χ4v) is 4.30. The molecule has 0 amide bonds. The van der Waals surface area contributed by atoms with Crippen molar-refractivity contribution in [2.24, 2.45) is 0 Å². The van der Waals surface area contributed by atoms with E-state index >= 15 is 0 Å². The maximum absolute atomic E-state index is 5.48. The van der Waals surface area contributed by atoms with Gasteiger partial charge in [0, 0.05) is 31.9 Å². The van der Waals surface area contributed by atoms with Crippen LogP contribution in [0.25, 0.3) is 10.2 Å². The van der Waals surface area contributed by atoms with Crippen LogP contribution in [0.5, 0.6) is 5.75 Å². The molecule has 1 aliphatic rings. The molecule has 0 N–H and O–H groups in total.